The van der Waals surface area contributed by atoms with Gasteiger partial charge in [0.25, 0.3) is 0 Å². The summed E-state index contributed by atoms with van der Waals surface area (Å²) in [7, 11) is 0. The number of thioether (sulfide) groups is 1. The summed E-state index contributed by atoms with van der Waals surface area (Å²) in [6.07, 6.45) is 7.89. The molecule has 7 heteroatoms. The number of piperidine rings is 1. The Morgan fingerprint density at radius 1 is 1.13 bits per heavy atom. The van der Waals surface area contributed by atoms with Crippen LogP contribution in [-0.2, 0) is 18.8 Å². The van der Waals surface area contributed by atoms with Crippen molar-refractivity contribution in [3.63, 3.8) is 0 Å². The smallest absolute Gasteiger partial charge is 0.191 e. The summed E-state index contributed by atoms with van der Waals surface area (Å²) in [6.45, 7) is 7.75. The lowest BCUT2D eigenvalue weighted by Crippen LogP contribution is -2.33. The normalized spacial score (nSPS) is 15.4. The molecule has 0 spiro atoms. The number of likely N-dealkylation sites (tertiary alicyclic amines) is 1. The van der Waals surface area contributed by atoms with Crippen LogP contribution < -0.4 is 0 Å². The van der Waals surface area contributed by atoms with Crippen LogP contribution in [0.15, 0.2) is 66.6 Å². The van der Waals surface area contributed by atoms with Crippen molar-refractivity contribution >= 4 is 23.4 Å². The molecule has 0 unspecified atom stereocenters. The van der Waals surface area contributed by atoms with Crippen LogP contribution in [0.25, 0.3) is 0 Å². The fourth-order valence-corrected chi connectivity index (χ4v) is 4.99. The molecule has 1 aliphatic heterocycles. The lowest BCUT2D eigenvalue weighted by atomic mass is 9.95. The summed E-state index contributed by atoms with van der Waals surface area (Å²) >= 11 is 7.81. The molecular weight excluding hydrogens is 414 g/mol. The van der Waals surface area contributed by atoms with Crippen LogP contribution in [0.1, 0.15) is 35.7 Å². The predicted molar refractivity (Wildman–Crippen MR) is 123 cm³/mol. The zero-order chi connectivity index (χ0) is 20.8. The molecule has 1 fully saturated rings. The maximum Gasteiger partial charge on any atom is 0.191 e. The lowest BCUT2D eigenvalue weighted by Gasteiger charge is -2.31. The molecule has 3 aromatic rings. The van der Waals surface area contributed by atoms with E-state index in [1.165, 1.54) is 11.1 Å². The Hall–Kier alpha value is -2.15. The summed E-state index contributed by atoms with van der Waals surface area (Å²) in [4.78, 5) is 6.72. The Balaban J connectivity index is 1.40. The van der Waals surface area contributed by atoms with E-state index in [9.17, 15) is 0 Å². The number of benzene rings is 1. The van der Waals surface area contributed by atoms with Gasteiger partial charge in [-0.2, -0.15) is 0 Å². The highest BCUT2D eigenvalue weighted by Gasteiger charge is 2.26. The van der Waals surface area contributed by atoms with E-state index in [0.29, 0.717) is 5.92 Å². The molecule has 0 atom stereocenters. The van der Waals surface area contributed by atoms with Gasteiger partial charge >= 0.3 is 0 Å². The second-order valence-electron chi connectivity index (χ2n) is 7.57. The number of hydrogen-bond acceptors (Lipinski definition) is 5. The van der Waals surface area contributed by atoms with Gasteiger partial charge in [0.1, 0.15) is 5.82 Å². The van der Waals surface area contributed by atoms with Crippen LogP contribution in [0.2, 0.25) is 5.02 Å². The van der Waals surface area contributed by atoms with E-state index >= 15 is 0 Å². The first-order chi connectivity index (χ1) is 14.7. The Labute approximate surface area is 187 Å². The van der Waals surface area contributed by atoms with Gasteiger partial charge in [-0.3, -0.25) is 9.88 Å². The van der Waals surface area contributed by atoms with Gasteiger partial charge in [0, 0.05) is 42.2 Å². The van der Waals surface area contributed by atoms with E-state index in [2.05, 4.69) is 43.4 Å². The Morgan fingerprint density at radius 3 is 2.70 bits per heavy atom. The minimum absolute atomic E-state index is 0.433. The Kier molecular flexibility index (Phi) is 7.20. The third kappa shape index (κ3) is 5.31. The number of aromatic nitrogens is 4. The molecular formula is C23H26ClN5S. The second kappa shape index (κ2) is 10.2. The Bertz CT molecular complexity index is 967. The average molecular weight is 440 g/mol. The highest BCUT2D eigenvalue weighted by atomic mass is 35.5. The van der Waals surface area contributed by atoms with Crippen LogP contribution in [0.3, 0.4) is 0 Å². The summed E-state index contributed by atoms with van der Waals surface area (Å²) in [5.41, 5.74) is 2.45. The number of hydrogen-bond donors (Lipinski definition) is 0. The van der Waals surface area contributed by atoms with Gasteiger partial charge in [-0.25, -0.2) is 0 Å². The van der Waals surface area contributed by atoms with Gasteiger partial charge < -0.3 is 4.57 Å². The molecule has 3 heterocycles. The zero-order valence-electron chi connectivity index (χ0n) is 17.0. The van der Waals surface area contributed by atoms with Crippen molar-refractivity contribution in [2.75, 3.05) is 13.1 Å². The van der Waals surface area contributed by atoms with Gasteiger partial charge in [0.2, 0.25) is 0 Å². The Morgan fingerprint density at radius 2 is 1.97 bits per heavy atom. The third-order valence-electron chi connectivity index (χ3n) is 5.40. The van der Waals surface area contributed by atoms with E-state index in [1.54, 1.807) is 11.8 Å². The van der Waals surface area contributed by atoms with Crippen molar-refractivity contribution in [1.29, 1.82) is 0 Å². The van der Waals surface area contributed by atoms with E-state index in [1.807, 2.05) is 42.7 Å². The van der Waals surface area contributed by atoms with Gasteiger partial charge in [0.15, 0.2) is 5.16 Å². The molecule has 30 heavy (non-hydrogen) atoms. The molecule has 0 N–H and O–H groups in total. The maximum absolute atomic E-state index is 6.11. The largest absolute Gasteiger partial charge is 0.302 e. The predicted octanol–water partition coefficient (Wildman–Crippen LogP) is 5.18. The van der Waals surface area contributed by atoms with Crippen LogP contribution in [-0.4, -0.2) is 37.7 Å². The molecule has 0 saturated carbocycles. The first-order valence-electron chi connectivity index (χ1n) is 10.3. The average Bonchev–Trinajstić information content (AvgIpc) is 3.16. The van der Waals surface area contributed by atoms with Gasteiger partial charge in [-0.05, 0) is 55.3 Å². The van der Waals surface area contributed by atoms with Crippen LogP contribution >= 0.6 is 23.4 Å². The summed E-state index contributed by atoms with van der Waals surface area (Å²) in [5, 5.41) is 10.8. The number of rotatable bonds is 8. The number of allylic oxidation sites excluding steroid dienone is 1. The van der Waals surface area contributed by atoms with Gasteiger partial charge in [-0.1, -0.05) is 47.6 Å². The fraction of sp³-hybridized carbons (Fsp3) is 0.348. The van der Waals surface area contributed by atoms with E-state index < -0.39 is 0 Å². The third-order valence-corrected chi connectivity index (χ3v) is 6.67. The maximum atomic E-state index is 6.11. The number of halogens is 1. The molecule has 156 valence electrons. The molecule has 5 nitrogen and oxygen atoms in total. The van der Waals surface area contributed by atoms with E-state index in [0.717, 1.165) is 60.8 Å². The molecule has 2 aromatic heterocycles. The van der Waals surface area contributed by atoms with Crippen molar-refractivity contribution in [2.24, 2.45) is 0 Å². The topological polar surface area (TPSA) is 46.8 Å². The molecule has 1 aliphatic rings. The molecule has 1 aromatic carbocycles. The van der Waals surface area contributed by atoms with Crippen LogP contribution in [0.5, 0.6) is 0 Å². The summed E-state index contributed by atoms with van der Waals surface area (Å²) < 4.78 is 2.23. The van der Waals surface area contributed by atoms with Crippen LogP contribution in [0.4, 0.5) is 0 Å². The minimum atomic E-state index is 0.433. The number of pyridine rings is 1. The van der Waals surface area contributed by atoms with E-state index in [-0.39, 0.29) is 0 Å². The molecule has 0 radical (unpaired) electrons. The summed E-state index contributed by atoms with van der Waals surface area (Å²) in [6, 6.07) is 12.1. The quantitative estimate of drug-likeness (QED) is 0.357. The van der Waals surface area contributed by atoms with Crippen molar-refractivity contribution in [3.05, 3.63) is 83.4 Å². The molecule has 0 aliphatic carbocycles. The SMILES string of the molecule is C=CCn1c(SCc2cccc(Cl)c2)nnc1C1CCN(Cc2cccnc2)CC1. The summed E-state index contributed by atoms with van der Waals surface area (Å²) in [5.74, 6) is 2.34. The monoisotopic (exact) mass is 439 g/mol. The molecule has 1 saturated heterocycles. The van der Waals surface area contributed by atoms with Crippen molar-refractivity contribution in [3.8, 4) is 0 Å². The molecule has 0 bridgehead atoms. The van der Waals surface area contributed by atoms with Gasteiger partial charge in [-0.15, -0.1) is 16.8 Å². The highest BCUT2D eigenvalue weighted by molar-refractivity contribution is 7.98. The lowest BCUT2D eigenvalue weighted by molar-refractivity contribution is 0.200. The van der Waals surface area contributed by atoms with Crippen molar-refractivity contribution in [1.82, 2.24) is 24.6 Å². The van der Waals surface area contributed by atoms with Crippen molar-refractivity contribution < 1.29 is 0 Å². The number of nitrogens with zero attached hydrogens (tertiary/aromatic N) is 5. The van der Waals surface area contributed by atoms with Crippen LogP contribution in [0, 0.1) is 0 Å². The standard InChI is InChI=1S/C23H26ClN5S/c1-2-11-29-22(26-27-23(29)30-17-18-5-3-7-21(24)14-18)20-8-12-28(13-9-20)16-19-6-4-10-25-15-19/h2-7,10,14-15,20H,1,8-9,11-13,16-17H2. The highest BCUT2D eigenvalue weighted by Crippen LogP contribution is 2.31. The van der Waals surface area contributed by atoms with Gasteiger partial charge in [0.05, 0.1) is 0 Å². The van der Waals surface area contributed by atoms with Crippen molar-refractivity contribution in [2.45, 2.75) is 42.8 Å². The fourth-order valence-electron chi connectivity index (χ4n) is 3.88. The first kappa shape index (κ1) is 21.1. The minimum Gasteiger partial charge on any atom is -0.302 e. The zero-order valence-corrected chi connectivity index (χ0v) is 18.5. The molecule has 0 amide bonds. The second-order valence-corrected chi connectivity index (χ2v) is 8.95. The van der Waals surface area contributed by atoms with E-state index in [4.69, 9.17) is 11.6 Å². The molecule has 4 rings (SSSR count). The first-order valence-corrected chi connectivity index (χ1v) is 11.6.